The standard InChI is InChI=1S/C16H20N2O5S/c1-11(19)17-8-2-4-12-6-7-13(10-15(12)17)24(22,23)18-9-3-5-14(18)16(20)21/h6-7,10,14H,2-5,8-9H2,1H3,(H,20,21)/t14-/m1/s1. The predicted octanol–water partition coefficient (Wildman–Crippen LogP) is 1.22. The number of hydrogen-bond acceptors (Lipinski definition) is 4. The highest BCUT2D eigenvalue weighted by molar-refractivity contribution is 7.89. The highest BCUT2D eigenvalue weighted by Gasteiger charge is 2.39. The number of aryl methyl sites for hydroxylation is 1. The van der Waals surface area contributed by atoms with Crippen LogP contribution in [0.3, 0.4) is 0 Å². The van der Waals surface area contributed by atoms with Gasteiger partial charge < -0.3 is 10.0 Å². The summed E-state index contributed by atoms with van der Waals surface area (Å²) >= 11 is 0. The first-order valence-corrected chi connectivity index (χ1v) is 9.42. The Kier molecular flexibility index (Phi) is 4.35. The molecule has 3 rings (SSSR count). The van der Waals surface area contributed by atoms with Gasteiger partial charge >= 0.3 is 5.97 Å². The highest BCUT2D eigenvalue weighted by Crippen LogP contribution is 2.33. The number of nitrogens with zero attached hydrogens (tertiary/aromatic N) is 2. The first-order chi connectivity index (χ1) is 11.3. The van der Waals surface area contributed by atoms with E-state index in [0.29, 0.717) is 25.1 Å². The van der Waals surface area contributed by atoms with Crippen LogP contribution < -0.4 is 4.90 Å². The second-order valence-electron chi connectivity index (χ2n) is 6.18. The average Bonchev–Trinajstić information content (AvgIpc) is 3.04. The summed E-state index contributed by atoms with van der Waals surface area (Å²) in [5, 5.41) is 9.24. The lowest BCUT2D eigenvalue weighted by atomic mass is 10.0. The Hall–Kier alpha value is -1.93. The Morgan fingerprint density at radius 1 is 1.21 bits per heavy atom. The molecule has 0 aromatic heterocycles. The third-order valence-electron chi connectivity index (χ3n) is 4.65. The number of carbonyl (C=O) groups is 2. The fourth-order valence-electron chi connectivity index (χ4n) is 3.45. The lowest BCUT2D eigenvalue weighted by Crippen LogP contribution is -2.40. The molecule has 8 heteroatoms. The molecule has 2 aliphatic heterocycles. The summed E-state index contributed by atoms with van der Waals surface area (Å²) < 4.78 is 26.8. The summed E-state index contributed by atoms with van der Waals surface area (Å²) in [6, 6.07) is 3.72. The molecule has 1 aromatic rings. The number of rotatable bonds is 3. The van der Waals surface area contributed by atoms with E-state index in [2.05, 4.69) is 0 Å². The number of benzene rings is 1. The number of sulfonamides is 1. The van der Waals surface area contributed by atoms with E-state index in [-0.39, 0.29) is 17.3 Å². The largest absolute Gasteiger partial charge is 0.480 e. The monoisotopic (exact) mass is 352 g/mol. The second-order valence-corrected chi connectivity index (χ2v) is 8.07. The fraction of sp³-hybridized carbons (Fsp3) is 0.500. The molecule has 0 unspecified atom stereocenters. The molecule has 2 aliphatic rings. The third kappa shape index (κ3) is 2.80. The number of hydrogen-bond donors (Lipinski definition) is 1. The van der Waals surface area contributed by atoms with Crippen LogP contribution >= 0.6 is 0 Å². The molecule has 0 spiro atoms. The van der Waals surface area contributed by atoms with Crippen LogP contribution in [-0.4, -0.2) is 48.8 Å². The minimum Gasteiger partial charge on any atom is -0.480 e. The molecular formula is C16H20N2O5S. The summed E-state index contributed by atoms with van der Waals surface area (Å²) in [5.41, 5.74) is 1.55. The van der Waals surface area contributed by atoms with E-state index < -0.39 is 22.0 Å². The van der Waals surface area contributed by atoms with Crippen LogP contribution in [-0.2, 0) is 26.0 Å². The van der Waals surface area contributed by atoms with Gasteiger partial charge in [-0.3, -0.25) is 9.59 Å². The van der Waals surface area contributed by atoms with Gasteiger partial charge in [-0.2, -0.15) is 4.31 Å². The van der Waals surface area contributed by atoms with Gasteiger partial charge in [-0.25, -0.2) is 8.42 Å². The number of anilines is 1. The van der Waals surface area contributed by atoms with Crippen molar-refractivity contribution in [2.24, 2.45) is 0 Å². The Bertz CT molecular complexity index is 790. The van der Waals surface area contributed by atoms with Gasteiger partial charge in [0, 0.05) is 25.7 Å². The summed E-state index contributed by atoms with van der Waals surface area (Å²) in [7, 11) is -3.90. The summed E-state index contributed by atoms with van der Waals surface area (Å²) in [5.74, 6) is -1.26. The van der Waals surface area contributed by atoms with Crippen LogP contribution in [0.25, 0.3) is 0 Å². The molecule has 0 bridgehead atoms. The van der Waals surface area contributed by atoms with Crippen molar-refractivity contribution in [3.63, 3.8) is 0 Å². The molecule has 1 atom stereocenters. The van der Waals surface area contributed by atoms with E-state index in [1.165, 1.54) is 19.1 Å². The zero-order chi connectivity index (χ0) is 17.5. The van der Waals surface area contributed by atoms with E-state index in [9.17, 15) is 23.1 Å². The maximum absolute atomic E-state index is 12.9. The van der Waals surface area contributed by atoms with Crippen LogP contribution in [0.5, 0.6) is 0 Å². The SMILES string of the molecule is CC(=O)N1CCCc2ccc(S(=O)(=O)N3CCC[C@@H]3C(=O)O)cc21. The molecule has 1 saturated heterocycles. The normalized spacial score (nSPS) is 21.5. The number of carboxylic acids is 1. The van der Waals surface area contributed by atoms with Crippen LogP contribution in [0.1, 0.15) is 31.7 Å². The lowest BCUT2D eigenvalue weighted by Gasteiger charge is -2.29. The van der Waals surface area contributed by atoms with E-state index in [1.807, 2.05) is 0 Å². The molecule has 0 aliphatic carbocycles. The molecular weight excluding hydrogens is 332 g/mol. The zero-order valence-electron chi connectivity index (χ0n) is 13.4. The minimum absolute atomic E-state index is 0.0440. The molecule has 24 heavy (non-hydrogen) atoms. The Balaban J connectivity index is 2.02. The van der Waals surface area contributed by atoms with Crippen LogP contribution in [0, 0.1) is 0 Å². The van der Waals surface area contributed by atoms with Crippen LogP contribution in [0.2, 0.25) is 0 Å². The zero-order valence-corrected chi connectivity index (χ0v) is 14.3. The van der Waals surface area contributed by atoms with Gasteiger partial charge in [0.2, 0.25) is 15.9 Å². The molecule has 7 nitrogen and oxygen atoms in total. The van der Waals surface area contributed by atoms with Gasteiger partial charge in [0.25, 0.3) is 0 Å². The topological polar surface area (TPSA) is 95.0 Å². The number of carboxylic acid groups (broad SMARTS) is 1. The van der Waals surface area contributed by atoms with Crippen molar-refractivity contribution in [3.05, 3.63) is 23.8 Å². The van der Waals surface area contributed by atoms with Crippen molar-refractivity contribution in [1.29, 1.82) is 0 Å². The fourth-order valence-corrected chi connectivity index (χ4v) is 5.12. The Morgan fingerprint density at radius 2 is 1.96 bits per heavy atom. The Labute approximate surface area is 140 Å². The van der Waals surface area contributed by atoms with Crippen molar-refractivity contribution >= 4 is 27.6 Å². The van der Waals surface area contributed by atoms with Crippen molar-refractivity contribution in [1.82, 2.24) is 4.31 Å². The minimum atomic E-state index is -3.90. The first-order valence-electron chi connectivity index (χ1n) is 7.98. The van der Waals surface area contributed by atoms with Crippen molar-refractivity contribution < 1.29 is 23.1 Å². The smallest absolute Gasteiger partial charge is 0.322 e. The quantitative estimate of drug-likeness (QED) is 0.883. The Morgan fingerprint density at radius 3 is 2.62 bits per heavy atom. The van der Waals surface area contributed by atoms with Gasteiger partial charge in [0.1, 0.15) is 6.04 Å². The van der Waals surface area contributed by atoms with E-state index in [4.69, 9.17) is 0 Å². The van der Waals surface area contributed by atoms with Gasteiger partial charge in [-0.15, -0.1) is 0 Å². The summed E-state index contributed by atoms with van der Waals surface area (Å²) in [4.78, 5) is 24.7. The van der Waals surface area contributed by atoms with E-state index in [0.717, 1.165) is 22.7 Å². The maximum Gasteiger partial charge on any atom is 0.322 e. The van der Waals surface area contributed by atoms with Gasteiger partial charge in [-0.05, 0) is 43.4 Å². The molecule has 130 valence electrons. The molecule has 1 fully saturated rings. The van der Waals surface area contributed by atoms with Gasteiger partial charge in [0.15, 0.2) is 0 Å². The number of fused-ring (bicyclic) bond motifs is 1. The van der Waals surface area contributed by atoms with Crippen molar-refractivity contribution in [2.45, 2.75) is 43.5 Å². The van der Waals surface area contributed by atoms with Crippen LogP contribution in [0.15, 0.2) is 23.1 Å². The van der Waals surface area contributed by atoms with Gasteiger partial charge in [-0.1, -0.05) is 6.07 Å². The number of amides is 1. The third-order valence-corrected chi connectivity index (χ3v) is 6.56. The van der Waals surface area contributed by atoms with Gasteiger partial charge in [0.05, 0.1) is 4.90 Å². The summed E-state index contributed by atoms with van der Waals surface area (Å²) in [6.45, 7) is 2.22. The number of carbonyl (C=O) groups excluding carboxylic acids is 1. The van der Waals surface area contributed by atoms with E-state index >= 15 is 0 Å². The van der Waals surface area contributed by atoms with Crippen LogP contribution in [0.4, 0.5) is 5.69 Å². The molecule has 0 radical (unpaired) electrons. The molecule has 1 N–H and O–H groups in total. The molecule has 2 heterocycles. The second kappa shape index (κ2) is 6.18. The van der Waals surface area contributed by atoms with Crippen molar-refractivity contribution in [3.8, 4) is 0 Å². The first kappa shape index (κ1) is 16.9. The average molecular weight is 352 g/mol. The lowest BCUT2D eigenvalue weighted by molar-refractivity contribution is -0.140. The molecule has 0 saturated carbocycles. The molecule has 1 aromatic carbocycles. The summed E-state index contributed by atoms with van der Waals surface area (Å²) in [6.07, 6.45) is 2.48. The van der Waals surface area contributed by atoms with E-state index in [1.54, 1.807) is 11.0 Å². The highest BCUT2D eigenvalue weighted by atomic mass is 32.2. The van der Waals surface area contributed by atoms with Crippen molar-refractivity contribution in [2.75, 3.05) is 18.0 Å². The maximum atomic E-state index is 12.9. The number of aliphatic carboxylic acids is 1. The molecule has 1 amide bonds. The predicted molar refractivity (Wildman–Crippen MR) is 87.3 cm³/mol.